The van der Waals surface area contributed by atoms with Crippen LogP contribution in [0.4, 0.5) is 0 Å². The molecule has 0 aromatic carbocycles. The summed E-state index contributed by atoms with van der Waals surface area (Å²) in [5, 5.41) is 6.04. The van der Waals surface area contributed by atoms with Crippen LogP contribution in [0.25, 0.3) is 0 Å². The smallest absolute Gasteiger partial charge is 0.246 e. The Balaban J connectivity index is 3.13. The van der Waals surface area contributed by atoms with E-state index in [1.807, 2.05) is 0 Å². The van der Waals surface area contributed by atoms with Gasteiger partial charge in [-0.1, -0.05) is 26.3 Å². The molecular formula is C11H22N2O. The van der Waals surface area contributed by atoms with E-state index in [2.05, 4.69) is 24.1 Å². The van der Waals surface area contributed by atoms with Gasteiger partial charge in [0.05, 0.1) is 0 Å². The van der Waals surface area contributed by atoms with Gasteiger partial charge in [0.15, 0.2) is 0 Å². The second kappa shape index (κ2) is 8.75. The molecule has 0 heterocycles. The van der Waals surface area contributed by atoms with E-state index in [-0.39, 0.29) is 5.91 Å². The Morgan fingerprint density at radius 1 is 1.21 bits per heavy atom. The molecule has 0 rings (SSSR count). The minimum atomic E-state index is -0.0552. The van der Waals surface area contributed by atoms with E-state index in [1.54, 1.807) is 6.92 Å². The molecule has 82 valence electrons. The van der Waals surface area contributed by atoms with Crippen LogP contribution in [0, 0.1) is 0 Å². The topological polar surface area (TPSA) is 41.1 Å². The van der Waals surface area contributed by atoms with Crippen molar-refractivity contribution in [2.75, 3.05) is 19.6 Å². The summed E-state index contributed by atoms with van der Waals surface area (Å²) in [6.07, 6.45) is 3.73. The molecule has 2 N–H and O–H groups in total. The summed E-state index contributed by atoms with van der Waals surface area (Å²) in [5.74, 6) is -0.0552. The van der Waals surface area contributed by atoms with Crippen molar-refractivity contribution < 1.29 is 4.79 Å². The van der Waals surface area contributed by atoms with Gasteiger partial charge >= 0.3 is 0 Å². The van der Waals surface area contributed by atoms with E-state index in [1.165, 1.54) is 19.3 Å². The summed E-state index contributed by atoms with van der Waals surface area (Å²) < 4.78 is 0. The van der Waals surface area contributed by atoms with Crippen LogP contribution in [0.3, 0.4) is 0 Å². The van der Waals surface area contributed by atoms with Crippen molar-refractivity contribution in [3.63, 3.8) is 0 Å². The van der Waals surface area contributed by atoms with Gasteiger partial charge in [-0.25, -0.2) is 0 Å². The summed E-state index contributed by atoms with van der Waals surface area (Å²) in [6.45, 7) is 10.0. The van der Waals surface area contributed by atoms with Crippen molar-refractivity contribution in [3.05, 3.63) is 12.2 Å². The van der Waals surface area contributed by atoms with Gasteiger partial charge in [-0.2, -0.15) is 0 Å². The summed E-state index contributed by atoms with van der Waals surface area (Å²) in [7, 11) is 0. The monoisotopic (exact) mass is 198 g/mol. The standard InChI is InChI=1S/C11H22N2O/c1-4-5-6-7-12-8-9-13-11(14)10(2)3/h12H,2,4-9H2,1,3H3,(H,13,14). The molecule has 3 heteroatoms. The summed E-state index contributed by atoms with van der Waals surface area (Å²) in [4.78, 5) is 11.0. The fraction of sp³-hybridized carbons (Fsp3) is 0.727. The van der Waals surface area contributed by atoms with Gasteiger partial charge in [-0.05, 0) is 19.9 Å². The van der Waals surface area contributed by atoms with E-state index >= 15 is 0 Å². The third kappa shape index (κ3) is 7.80. The highest BCUT2D eigenvalue weighted by Crippen LogP contribution is 1.90. The Labute approximate surface area is 87.0 Å². The molecule has 0 radical (unpaired) electrons. The maximum absolute atomic E-state index is 11.0. The van der Waals surface area contributed by atoms with E-state index < -0.39 is 0 Å². The first-order valence-corrected chi connectivity index (χ1v) is 5.33. The Bertz CT molecular complexity index is 178. The van der Waals surface area contributed by atoms with Crippen LogP contribution in [-0.2, 0) is 4.79 Å². The Kier molecular flexibility index (Phi) is 8.24. The first-order chi connectivity index (χ1) is 6.68. The molecule has 14 heavy (non-hydrogen) atoms. The number of carbonyl (C=O) groups is 1. The number of amides is 1. The van der Waals surface area contributed by atoms with Gasteiger partial charge in [0.2, 0.25) is 5.91 Å². The maximum Gasteiger partial charge on any atom is 0.246 e. The minimum absolute atomic E-state index is 0.0552. The molecule has 3 nitrogen and oxygen atoms in total. The van der Waals surface area contributed by atoms with Crippen molar-refractivity contribution in [2.24, 2.45) is 0 Å². The Morgan fingerprint density at radius 2 is 1.93 bits per heavy atom. The van der Waals surface area contributed by atoms with Crippen LogP contribution in [-0.4, -0.2) is 25.5 Å². The van der Waals surface area contributed by atoms with Crippen LogP contribution in [0.5, 0.6) is 0 Å². The van der Waals surface area contributed by atoms with E-state index in [9.17, 15) is 4.79 Å². The SMILES string of the molecule is C=C(C)C(=O)NCCNCCCCC. The normalized spacial score (nSPS) is 9.86. The van der Waals surface area contributed by atoms with Crippen LogP contribution in [0.1, 0.15) is 33.1 Å². The van der Waals surface area contributed by atoms with E-state index in [0.717, 1.165) is 13.1 Å². The average Bonchev–Trinajstić information content (AvgIpc) is 2.16. The Hall–Kier alpha value is -0.830. The predicted octanol–water partition coefficient (Wildman–Crippen LogP) is 1.46. The molecule has 0 aromatic rings. The van der Waals surface area contributed by atoms with Crippen LogP contribution < -0.4 is 10.6 Å². The van der Waals surface area contributed by atoms with E-state index in [0.29, 0.717) is 12.1 Å². The number of rotatable bonds is 8. The van der Waals surface area contributed by atoms with Gasteiger partial charge in [-0.3, -0.25) is 4.79 Å². The fourth-order valence-electron chi connectivity index (χ4n) is 1.04. The lowest BCUT2D eigenvalue weighted by Crippen LogP contribution is -2.32. The number of carbonyl (C=O) groups excluding carboxylic acids is 1. The lowest BCUT2D eigenvalue weighted by molar-refractivity contribution is -0.117. The zero-order chi connectivity index (χ0) is 10.8. The predicted molar refractivity (Wildman–Crippen MR) is 60.2 cm³/mol. The molecular weight excluding hydrogens is 176 g/mol. The van der Waals surface area contributed by atoms with Crippen molar-refractivity contribution in [1.82, 2.24) is 10.6 Å². The van der Waals surface area contributed by atoms with Crippen molar-refractivity contribution in [3.8, 4) is 0 Å². The molecule has 0 bridgehead atoms. The second-order valence-electron chi connectivity index (χ2n) is 3.49. The lowest BCUT2D eigenvalue weighted by Gasteiger charge is -2.05. The average molecular weight is 198 g/mol. The fourth-order valence-corrected chi connectivity index (χ4v) is 1.04. The van der Waals surface area contributed by atoms with Crippen molar-refractivity contribution in [1.29, 1.82) is 0 Å². The highest BCUT2D eigenvalue weighted by molar-refractivity contribution is 5.92. The van der Waals surface area contributed by atoms with Gasteiger partial charge in [0.1, 0.15) is 0 Å². The zero-order valence-electron chi connectivity index (χ0n) is 9.36. The van der Waals surface area contributed by atoms with E-state index in [4.69, 9.17) is 0 Å². The summed E-state index contributed by atoms with van der Waals surface area (Å²) >= 11 is 0. The number of nitrogens with one attached hydrogen (secondary N) is 2. The molecule has 0 aromatic heterocycles. The van der Waals surface area contributed by atoms with Crippen LogP contribution in [0.15, 0.2) is 12.2 Å². The second-order valence-corrected chi connectivity index (χ2v) is 3.49. The van der Waals surface area contributed by atoms with Gasteiger partial charge in [0.25, 0.3) is 0 Å². The van der Waals surface area contributed by atoms with Crippen molar-refractivity contribution in [2.45, 2.75) is 33.1 Å². The summed E-state index contributed by atoms with van der Waals surface area (Å²) in [5.41, 5.74) is 0.566. The zero-order valence-corrected chi connectivity index (χ0v) is 9.36. The number of hydrogen-bond donors (Lipinski definition) is 2. The maximum atomic E-state index is 11.0. The molecule has 0 aliphatic rings. The molecule has 0 saturated carbocycles. The molecule has 0 aliphatic heterocycles. The van der Waals surface area contributed by atoms with Crippen molar-refractivity contribution >= 4 is 5.91 Å². The first-order valence-electron chi connectivity index (χ1n) is 5.33. The van der Waals surface area contributed by atoms with Gasteiger partial charge in [-0.15, -0.1) is 0 Å². The molecule has 0 atom stereocenters. The summed E-state index contributed by atoms with van der Waals surface area (Å²) in [6, 6.07) is 0. The molecule has 1 amide bonds. The minimum Gasteiger partial charge on any atom is -0.351 e. The first kappa shape index (κ1) is 13.2. The molecule has 0 unspecified atom stereocenters. The number of unbranched alkanes of at least 4 members (excludes halogenated alkanes) is 2. The van der Waals surface area contributed by atoms with Gasteiger partial charge < -0.3 is 10.6 Å². The highest BCUT2D eigenvalue weighted by Gasteiger charge is 1.98. The molecule has 0 spiro atoms. The molecule has 0 fully saturated rings. The Morgan fingerprint density at radius 3 is 2.50 bits per heavy atom. The third-order valence-corrected chi connectivity index (χ3v) is 1.93. The van der Waals surface area contributed by atoms with Crippen LogP contribution in [0.2, 0.25) is 0 Å². The van der Waals surface area contributed by atoms with Gasteiger partial charge in [0, 0.05) is 18.7 Å². The largest absolute Gasteiger partial charge is 0.351 e. The molecule has 0 aliphatic carbocycles. The lowest BCUT2D eigenvalue weighted by atomic mass is 10.2. The number of hydrogen-bond acceptors (Lipinski definition) is 2. The van der Waals surface area contributed by atoms with Crippen LogP contribution >= 0.6 is 0 Å². The molecule has 0 saturated heterocycles. The highest BCUT2D eigenvalue weighted by atomic mass is 16.1. The third-order valence-electron chi connectivity index (χ3n) is 1.93. The quantitative estimate of drug-likeness (QED) is 0.458.